The Balaban J connectivity index is 1.44. The van der Waals surface area contributed by atoms with Gasteiger partial charge in [-0.15, -0.1) is 0 Å². The smallest absolute Gasteiger partial charge is 0.119 e. The molecule has 46 heavy (non-hydrogen) atoms. The first kappa shape index (κ1) is 25.6. The van der Waals surface area contributed by atoms with Gasteiger partial charge in [0, 0.05) is 11.1 Å². The van der Waals surface area contributed by atoms with Crippen molar-refractivity contribution in [3.63, 3.8) is 0 Å². The minimum atomic E-state index is -0.717. The molecule has 0 aromatic heterocycles. The van der Waals surface area contributed by atoms with E-state index < -0.39 is 10.8 Å². The zero-order valence-electron chi connectivity index (χ0n) is 25.4. The first-order valence-electron chi connectivity index (χ1n) is 15.7. The van der Waals surface area contributed by atoms with Crippen molar-refractivity contribution in [1.29, 1.82) is 0 Å². The second kappa shape index (κ2) is 8.92. The third-order valence-electron chi connectivity index (χ3n) is 10.5. The van der Waals surface area contributed by atoms with Crippen molar-refractivity contribution >= 4 is 22.8 Å². The Morgan fingerprint density at radius 2 is 0.717 bits per heavy atom. The van der Waals surface area contributed by atoms with E-state index in [4.69, 9.17) is 19.5 Å². The van der Waals surface area contributed by atoms with Crippen LogP contribution in [0.25, 0.3) is 22.3 Å². The van der Waals surface area contributed by atoms with Crippen molar-refractivity contribution in [2.45, 2.75) is 10.8 Å². The molecule has 4 nitrogen and oxygen atoms in total. The average Bonchev–Trinajstić information content (AvgIpc) is 3.58. The summed E-state index contributed by atoms with van der Waals surface area (Å²) in [4.78, 5) is 11.4. The lowest BCUT2D eigenvalue weighted by Crippen LogP contribution is -2.53. The predicted molar refractivity (Wildman–Crippen MR) is 184 cm³/mol. The maximum Gasteiger partial charge on any atom is 0.119 e. The molecule has 0 unspecified atom stereocenters. The van der Waals surface area contributed by atoms with Gasteiger partial charge in [0.15, 0.2) is 0 Å². The summed E-state index contributed by atoms with van der Waals surface area (Å²) < 4.78 is 11.7. The molecule has 2 aliphatic heterocycles. The summed E-state index contributed by atoms with van der Waals surface area (Å²) >= 11 is 0. The molecular weight excluding hydrogens is 564 g/mol. The number of hydrogen-bond acceptors (Lipinski definition) is 4. The molecule has 0 bridgehead atoms. The van der Waals surface area contributed by atoms with Gasteiger partial charge in [-0.25, -0.2) is 9.98 Å². The van der Waals surface area contributed by atoms with E-state index in [-0.39, 0.29) is 0 Å². The molecule has 0 atom stereocenters. The largest absolute Gasteiger partial charge is 0.497 e. The van der Waals surface area contributed by atoms with Crippen molar-refractivity contribution in [2.75, 3.05) is 14.2 Å². The number of nitrogens with zero attached hydrogens (tertiary/aromatic N) is 2. The lowest BCUT2D eigenvalue weighted by atomic mass is 9.57. The number of rotatable bonds is 2. The maximum atomic E-state index is 5.86. The van der Waals surface area contributed by atoms with Gasteiger partial charge < -0.3 is 9.47 Å². The van der Waals surface area contributed by atoms with E-state index >= 15 is 0 Å². The predicted octanol–water partition coefficient (Wildman–Crippen LogP) is 9.21. The molecule has 0 radical (unpaired) electrons. The number of hydrogen-bond donors (Lipinski definition) is 0. The van der Waals surface area contributed by atoms with Crippen molar-refractivity contribution in [1.82, 2.24) is 0 Å². The molecule has 0 fully saturated rings. The van der Waals surface area contributed by atoms with E-state index in [1.165, 1.54) is 44.5 Å². The van der Waals surface area contributed by atoms with Gasteiger partial charge in [-0.3, -0.25) is 0 Å². The van der Waals surface area contributed by atoms with E-state index in [0.29, 0.717) is 0 Å². The maximum absolute atomic E-state index is 5.86. The molecule has 2 spiro atoms. The Bertz CT molecular complexity index is 2110. The molecule has 4 aliphatic rings. The average molecular weight is 593 g/mol. The number of benzene rings is 6. The molecule has 4 heteroatoms. The van der Waals surface area contributed by atoms with E-state index in [1.807, 2.05) is 12.1 Å². The lowest BCUT2D eigenvalue weighted by Gasteiger charge is -2.47. The monoisotopic (exact) mass is 592 g/mol. The SMILES string of the molecule is COc1ccc2c(c1)C1(C3=Nc4ccc(OC)cc4C4(C3=N2)c2ccccc2-c2ccccc24)c2ccccc2-c2ccccc21. The third-order valence-corrected chi connectivity index (χ3v) is 10.5. The second-order valence-corrected chi connectivity index (χ2v) is 12.4. The number of methoxy groups -OCH3 is 2. The zero-order chi connectivity index (χ0) is 30.6. The Kier molecular flexibility index (Phi) is 4.96. The second-order valence-electron chi connectivity index (χ2n) is 12.4. The van der Waals surface area contributed by atoms with E-state index in [2.05, 4.69) is 121 Å². The van der Waals surface area contributed by atoms with Gasteiger partial charge in [0.1, 0.15) is 11.5 Å². The summed E-state index contributed by atoms with van der Waals surface area (Å²) in [6, 6.07) is 47.8. The highest BCUT2D eigenvalue weighted by atomic mass is 16.5. The molecule has 10 rings (SSSR count). The van der Waals surface area contributed by atoms with E-state index in [9.17, 15) is 0 Å². The summed E-state index contributed by atoms with van der Waals surface area (Å²) in [6.07, 6.45) is 0. The first-order valence-corrected chi connectivity index (χ1v) is 15.7. The summed E-state index contributed by atoms with van der Waals surface area (Å²) in [5, 5.41) is 0. The van der Waals surface area contributed by atoms with Crippen LogP contribution in [-0.2, 0) is 10.8 Å². The number of fused-ring (bicyclic) bond motifs is 17. The Morgan fingerprint density at radius 1 is 0.391 bits per heavy atom. The Morgan fingerprint density at radius 3 is 1.04 bits per heavy atom. The van der Waals surface area contributed by atoms with Gasteiger partial charge in [0.2, 0.25) is 0 Å². The fraction of sp³-hybridized carbons (Fsp3) is 0.0952. The molecule has 0 N–H and O–H groups in total. The summed E-state index contributed by atoms with van der Waals surface area (Å²) in [7, 11) is 3.46. The van der Waals surface area contributed by atoms with Crippen LogP contribution in [0.5, 0.6) is 11.5 Å². The van der Waals surface area contributed by atoms with E-state index in [1.54, 1.807) is 14.2 Å². The molecule has 0 amide bonds. The van der Waals surface area contributed by atoms with Gasteiger partial charge in [-0.05, 0) is 80.9 Å². The van der Waals surface area contributed by atoms with Gasteiger partial charge in [-0.1, -0.05) is 97.1 Å². The normalized spacial score (nSPS) is 16.2. The lowest BCUT2D eigenvalue weighted by molar-refractivity contribution is 0.413. The minimum Gasteiger partial charge on any atom is -0.497 e. The molecule has 0 saturated carbocycles. The van der Waals surface area contributed by atoms with E-state index in [0.717, 1.165) is 45.4 Å². The van der Waals surface area contributed by atoms with Crippen molar-refractivity contribution in [3.05, 3.63) is 167 Å². The molecule has 0 saturated heterocycles. The van der Waals surface area contributed by atoms with Gasteiger partial charge >= 0.3 is 0 Å². The highest BCUT2D eigenvalue weighted by Gasteiger charge is 2.61. The van der Waals surface area contributed by atoms with Crippen molar-refractivity contribution in [3.8, 4) is 33.8 Å². The quantitative estimate of drug-likeness (QED) is 0.201. The van der Waals surface area contributed by atoms with Crippen LogP contribution in [0.4, 0.5) is 11.4 Å². The standard InChI is InChI=1S/C42H28N2O2/c1-45-25-19-21-37-35(23-25)41(31-15-7-3-11-27(31)28-12-4-8-16-32(28)41)39-40(43-37)42(36-24-26(46-2)20-22-38(36)44-39)33-17-9-5-13-29(33)30-14-6-10-18-34(30)42/h3-24H,1-2H3. The fourth-order valence-electron chi connectivity index (χ4n) is 8.77. The molecule has 6 aromatic rings. The van der Waals surface area contributed by atoms with Crippen LogP contribution in [0.1, 0.15) is 33.4 Å². The minimum absolute atomic E-state index is 0.717. The van der Waals surface area contributed by atoms with Crippen molar-refractivity contribution < 1.29 is 9.47 Å². The molecule has 2 heterocycles. The van der Waals surface area contributed by atoms with Gasteiger partial charge in [0.05, 0.1) is 47.8 Å². The van der Waals surface area contributed by atoms with Gasteiger partial charge in [-0.2, -0.15) is 0 Å². The zero-order valence-corrected chi connectivity index (χ0v) is 25.4. The summed E-state index contributed by atoms with van der Waals surface area (Å²) in [5.41, 5.74) is 14.2. The van der Waals surface area contributed by atoms with Gasteiger partial charge in [0.25, 0.3) is 0 Å². The van der Waals surface area contributed by atoms with Crippen molar-refractivity contribution in [2.24, 2.45) is 9.98 Å². The number of aliphatic imine (C=N–C) groups is 2. The molecule has 6 aromatic carbocycles. The molecule has 2 aliphatic carbocycles. The summed E-state index contributed by atoms with van der Waals surface area (Å²) in [6.45, 7) is 0. The first-order chi connectivity index (χ1) is 22.7. The topological polar surface area (TPSA) is 43.2 Å². The van der Waals surface area contributed by atoms with Crippen LogP contribution in [0.2, 0.25) is 0 Å². The Hall–Kier alpha value is -5.74. The third kappa shape index (κ3) is 2.86. The summed E-state index contributed by atoms with van der Waals surface area (Å²) in [5.74, 6) is 1.60. The Labute approximate surface area is 267 Å². The van der Waals surface area contributed by atoms with Crippen LogP contribution in [-0.4, -0.2) is 25.6 Å². The fourth-order valence-corrected chi connectivity index (χ4v) is 8.77. The van der Waals surface area contributed by atoms with Crippen LogP contribution in [0, 0.1) is 0 Å². The molecule has 218 valence electrons. The highest BCUT2D eigenvalue weighted by Crippen LogP contribution is 2.64. The van der Waals surface area contributed by atoms with Crippen LogP contribution >= 0.6 is 0 Å². The van der Waals surface area contributed by atoms with Crippen LogP contribution in [0.3, 0.4) is 0 Å². The van der Waals surface area contributed by atoms with Crippen LogP contribution < -0.4 is 9.47 Å². The highest BCUT2D eigenvalue weighted by molar-refractivity contribution is 6.55. The van der Waals surface area contributed by atoms with Crippen LogP contribution in [0.15, 0.2) is 143 Å². The number of ether oxygens (including phenoxy) is 2. The molecular formula is C42H28N2O2.